The molecule has 0 aliphatic rings. The number of nitrogens with zero attached hydrogens (tertiary/aromatic N) is 3. The van der Waals surface area contributed by atoms with Crippen molar-refractivity contribution in [2.24, 2.45) is 0 Å². The molecule has 3 rings (SSSR count). The minimum Gasteiger partial charge on any atom is -0.508 e. The summed E-state index contributed by atoms with van der Waals surface area (Å²) in [5.74, 6) is -0.0166. The minimum absolute atomic E-state index is 0.0788. The number of aromatic hydroxyl groups is 2. The molecular formula is C14H9F3N4O2. The van der Waals surface area contributed by atoms with Gasteiger partial charge in [-0.1, -0.05) is 0 Å². The molecule has 2 aromatic heterocycles. The fourth-order valence-corrected chi connectivity index (χ4v) is 1.90. The van der Waals surface area contributed by atoms with Crippen molar-refractivity contribution in [2.45, 2.75) is 6.18 Å². The molecule has 9 heteroatoms. The second-order valence-electron chi connectivity index (χ2n) is 4.64. The number of pyridine rings is 1. The SMILES string of the molecule is Oc1ccc(O)c(-c2n[nH]c(-c3ccc(C(F)(F)F)cn3)n2)c1. The van der Waals surface area contributed by atoms with Gasteiger partial charge in [0, 0.05) is 6.20 Å². The lowest BCUT2D eigenvalue weighted by atomic mass is 10.2. The molecule has 0 fully saturated rings. The summed E-state index contributed by atoms with van der Waals surface area (Å²) in [5, 5.41) is 25.6. The van der Waals surface area contributed by atoms with Gasteiger partial charge in [-0.25, -0.2) is 4.98 Å². The van der Waals surface area contributed by atoms with Gasteiger partial charge in [-0.3, -0.25) is 10.1 Å². The summed E-state index contributed by atoms with van der Waals surface area (Å²) >= 11 is 0. The Morgan fingerprint density at radius 1 is 1.04 bits per heavy atom. The molecule has 6 nitrogen and oxygen atoms in total. The van der Waals surface area contributed by atoms with Crippen molar-refractivity contribution in [3.63, 3.8) is 0 Å². The lowest BCUT2D eigenvalue weighted by Gasteiger charge is -2.05. The first-order valence-electron chi connectivity index (χ1n) is 6.33. The maximum atomic E-state index is 12.5. The van der Waals surface area contributed by atoms with Crippen LogP contribution in [0.2, 0.25) is 0 Å². The first-order valence-corrected chi connectivity index (χ1v) is 6.33. The molecule has 0 aliphatic heterocycles. The zero-order valence-corrected chi connectivity index (χ0v) is 11.3. The summed E-state index contributed by atoms with van der Waals surface area (Å²) in [6.07, 6.45) is -3.77. The van der Waals surface area contributed by atoms with Crippen molar-refractivity contribution in [3.8, 4) is 34.4 Å². The van der Waals surface area contributed by atoms with Crippen LogP contribution in [0.5, 0.6) is 11.5 Å². The highest BCUT2D eigenvalue weighted by molar-refractivity contribution is 5.67. The zero-order chi connectivity index (χ0) is 16.6. The Labute approximate surface area is 127 Å². The maximum absolute atomic E-state index is 12.5. The van der Waals surface area contributed by atoms with Crippen LogP contribution in [0, 0.1) is 0 Å². The van der Waals surface area contributed by atoms with Crippen LogP contribution in [0.25, 0.3) is 22.9 Å². The van der Waals surface area contributed by atoms with E-state index in [-0.39, 0.29) is 34.4 Å². The largest absolute Gasteiger partial charge is 0.508 e. The fourth-order valence-electron chi connectivity index (χ4n) is 1.90. The third kappa shape index (κ3) is 2.93. The van der Waals surface area contributed by atoms with Crippen molar-refractivity contribution in [1.82, 2.24) is 20.2 Å². The maximum Gasteiger partial charge on any atom is 0.417 e. The molecule has 1 aromatic carbocycles. The summed E-state index contributed by atoms with van der Waals surface area (Å²) in [7, 11) is 0. The van der Waals surface area contributed by atoms with Gasteiger partial charge in [0.25, 0.3) is 0 Å². The van der Waals surface area contributed by atoms with E-state index in [1.54, 1.807) is 0 Å². The average molecular weight is 322 g/mol. The number of rotatable bonds is 2. The lowest BCUT2D eigenvalue weighted by molar-refractivity contribution is -0.137. The van der Waals surface area contributed by atoms with Crippen LogP contribution in [-0.2, 0) is 6.18 Å². The molecule has 0 saturated heterocycles. The summed E-state index contributed by atoms with van der Waals surface area (Å²) in [4.78, 5) is 7.76. The summed E-state index contributed by atoms with van der Waals surface area (Å²) in [6, 6.07) is 5.88. The van der Waals surface area contributed by atoms with Gasteiger partial charge in [-0.15, -0.1) is 0 Å². The second kappa shape index (κ2) is 5.27. The number of benzene rings is 1. The molecule has 3 N–H and O–H groups in total. The summed E-state index contributed by atoms with van der Waals surface area (Å²) < 4.78 is 37.5. The average Bonchev–Trinajstić information content (AvgIpc) is 2.99. The number of H-pyrrole nitrogens is 1. The highest BCUT2D eigenvalue weighted by atomic mass is 19.4. The quantitative estimate of drug-likeness (QED) is 0.631. The standard InChI is InChI=1S/C14H9F3N4O2/c15-14(16,17)7-1-3-10(18-6-7)13-19-12(20-21-13)9-5-8(22)2-4-11(9)23/h1-6,22-23H,(H,19,20,21). The van der Waals surface area contributed by atoms with Gasteiger partial charge in [-0.2, -0.15) is 18.3 Å². The number of aromatic nitrogens is 4. The number of phenolic OH excluding ortho intramolecular Hbond substituents is 2. The Morgan fingerprint density at radius 3 is 2.48 bits per heavy atom. The predicted octanol–water partition coefficient (Wildman–Crippen LogP) is 2.96. The van der Waals surface area contributed by atoms with Gasteiger partial charge in [0.05, 0.1) is 11.1 Å². The smallest absolute Gasteiger partial charge is 0.417 e. The van der Waals surface area contributed by atoms with Crippen molar-refractivity contribution in [1.29, 1.82) is 0 Å². The molecule has 0 saturated carbocycles. The monoisotopic (exact) mass is 322 g/mol. The zero-order valence-electron chi connectivity index (χ0n) is 11.3. The van der Waals surface area contributed by atoms with E-state index in [2.05, 4.69) is 20.2 Å². The first kappa shape index (κ1) is 14.8. The van der Waals surface area contributed by atoms with Gasteiger partial charge in [0.1, 0.15) is 17.2 Å². The van der Waals surface area contributed by atoms with E-state index in [0.717, 1.165) is 12.1 Å². The lowest BCUT2D eigenvalue weighted by Crippen LogP contribution is -2.05. The Kier molecular flexibility index (Phi) is 3.40. The van der Waals surface area contributed by atoms with Crippen molar-refractivity contribution >= 4 is 0 Å². The van der Waals surface area contributed by atoms with Crippen LogP contribution < -0.4 is 0 Å². The topological polar surface area (TPSA) is 94.9 Å². The number of alkyl halides is 3. The third-order valence-corrected chi connectivity index (χ3v) is 3.04. The van der Waals surface area contributed by atoms with Gasteiger partial charge in [0.15, 0.2) is 11.6 Å². The number of halogens is 3. The van der Waals surface area contributed by atoms with Gasteiger partial charge >= 0.3 is 6.18 Å². The third-order valence-electron chi connectivity index (χ3n) is 3.04. The molecule has 0 radical (unpaired) electrons. The second-order valence-corrected chi connectivity index (χ2v) is 4.64. The highest BCUT2D eigenvalue weighted by Crippen LogP contribution is 2.31. The molecule has 0 atom stereocenters. The van der Waals surface area contributed by atoms with Crippen molar-refractivity contribution in [3.05, 3.63) is 42.1 Å². The Hall–Kier alpha value is -3.10. The number of aromatic amines is 1. The molecule has 2 heterocycles. The van der Waals surface area contributed by atoms with E-state index in [1.165, 1.54) is 18.2 Å². The number of nitrogens with one attached hydrogen (secondary N) is 1. The van der Waals surface area contributed by atoms with E-state index >= 15 is 0 Å². The van der Waals surface area contributed by atoms with Crippen LogP contribution >= 0.6 is 0 Å². The number of hydrogen-bond donors (Lipinski definition) is 3. The van der Waals surface area contributed by atoms with E-state index in [0.29, 0.717) is 6.20 Å². The summed E-state index contributed by atoms with van der Waals surface area (Å²) in [6.45, 7) is 0. The van der Waals surface area contributed by atoms with Crippen molar-refractivity contribution in [2.75, 3.05) is 0 Å². The normalized spacial score (nSPS) is 11.6. The van der Waals surface area contributed by atoms with Crippen LogP contribution in [0.3, 0.4) is 0 Å². The number of hydrogen-bond acceptors (Lipinski definition) is 5. The van der Waals surface area contributed by atoms with E-state index in [1.807, 2.05) is 0 Å². The van der Waals surface area contributed by atoms with Crippen LogP contribution in [-0.4, -0.2) is 30.4 Å². The fraction of sp³-hybridized carbons (Fsp3) is 0.0714. The van der Waals surface area contributed by atoms with Crippen LogP contribution in [0.15, 0.2) is 36.5 Å². The molecule has 0 spiro atoms. The molecule has 3 aromatic rings. The molecule has 118 valence electrons. The minimum atomic E-state index is -4.47. The Balaban J connectivity index is 1.94. The van der Waals surface area contributed by atoms with Crippen LogP contribution in [0.4, 0.5) is 13.2 Å². The van der Waals surface area contributed by atoms with Gasteiger partial charge in [0.2, 0.25) is 0 Å². The Bertz CT molecular complexity index is 844. The van der Waals surface area contributed by atoms with Crippen LogP contribution in [0.1, 0.15) is 5.56 Å². The number of phenols is 2. The molecule has 0 aliphatic carbocycles. The summed E-state index contributed by atoms with van der Waals surface area (Å²) in [5.41, 5.74) is -0.526. The molecule has 0 amide bonds. The molecule has 0 unspecified atom stereocenters. The predicted molar refractivity (Wildman–Crippen MR) is 73.4 cm³/mol. The van der Waals surface area contributed by atoms with Crippen molar-refractivity contribution < 1.29 is 23.4 Å². The van der Waals surface area contributed by atoms with Gasteiger partial charge in [-0.05, 0) is 30.3 Å². The molecule has 0 bridgehead atoms. The first-order chi connectivity index (χ1) is 10.8. The van der Waals surface area contributed by atoms with E-state index in [4.69, 9.17) is 0 Å². The van der Waals surface area contributed by atoms with E-state index < -0.39 is 11.7 Å². The molecule has 23 heavy (non-hydrogen) atoms. The van der Waals surface area contributed by atoms with Gasteiger partial charge < -0.3 is 10.2 Å². The Morgan fingerprint density at radius 2 is 1.83 bits per heavy atom. The highest BCUT2D eigenvalue weighted by Gasteiger charge is 2.30. The molecular weight excluding hydrogens is 313 g/mol. The van der Waals surface area contributed by atoms with E-state index in [9.17, 15) is 23.4 Å².